The standard InChI is InChI=1S/C16H15Cl2N3O2/c17-14-9-11(10-15(18)19-14)16(23)21-7-5-20(6-8-21)12-1-3-13(22)4-2-12/h1-4,9-10,22H,5-8H2. The summed E-state index contributed by atoms with van der Waals surface area (Å²) in [4.78, 5) is 20.3. The smallest absolute Gasteiger partial charge is 0.254 e. The molecule has 5 nitrogen and oxygen atoms in total. The third kappa shape index (κ3) is 3.68. The number of halogens is 2. The van der Waals surface area contributed by atoms with Crippen molar-refractivity contribution in [2.45, 2.75) is 0 Å². The average molecular weight is 352 g/mol. The summed E-state index contributed by atoms with van der Waals surface area (Å²) in [7, 11) is 0. The van der Waals surface area contributed by atoms with E-state index in [1.165, 1.54) is 12.1 Å². The van der Waals surface area contributed by atoms with Crippen molar-refractivity contribution in [3.63, 3.8) is 0 Å². The molecule has 0 radical (unpaired) electrons. The van der Waals surface area contributed by atoms with Crippen molar-refractivity contribution in [2.24, 2.45) is 0 Å². The second-order valence-electron chi connectivity index (χ2n) is 5.30. The number of aromatic hydroxyl groups is 1. The molecule has 0 saturated carbocycles. The van der Waals surface area contributed by atoms with Crippen LogP contribution in [0.2, 0.25) is 10.3 Å². The fourth-order valence-electron chi connectivity index (χ4n) is 2.60. The molecule has 1 saturated heterocycles. The normalized spacial score (nSPS) is 14.9. The lowest BCUT2D eigenvalue weighted by atomic mass is 10.2. The van der Waals surface area contributed by atoms with E-state index >= 15 is 0 Å². The fourth-order valence-corrected chi connectivity index (χ4v) is 3.06. The van der Waals surface area contributed by atoms with Crippen LogP contribution < -0.4 is 4.90 Å². The number of nitrogens with zero attached hydrogens (tertiary/aromatic N) is 3. The Balaban J connectivity index is 1.66. The number of piperazine rings is 1. The highest BCUT2D eigenvalue weighted by atomic mass is 35.5. The number of phenolic OH excluding ortho intramolecular Hbond substituents is 1. The Hall–Kier alpha value is -1.98. The van der Waals surface area contributed by atoms with Gasteiger partial charge in [-0.2, -0.15) is 0 Å². The lowest BCUT2D eigenvalue weighted by Crippen LogP contribution is -2.48. The van der Waals surface area contributed by atoms with E-state index in [1.807, 2.05) is 12.1 Å². The maximum atomic E-state index is 12.5. The largest absolute Gasteiger partial charge is 0.508 e. The summed E-state index contributed by atoms with van der Waals surface area (Å²) in [6.45, 7) is 2.67. The van der Waals surface area contributed by atoms with E-state index in [2.05, 4.69) is 9.88 Å². The number of phenols is 1. The van der Waals surface area contributed by atoms with E-state index in [0.717, 1.165) is 18.8 Å². The van der Waals surface area contributed by atoms with E-state index in [0.29, 0.717) is 18.7 Å². The Morgan fingerprint density at radius 3 is 2.13 bits per heavy atom. The van der Waals surface area contributed by atoms with Crippen molar-refractivity contribution in [3.8, 4) is 5.75 Å². The molecule has 1 aromatic heterocycles. The first-order valence-corrected chi connectivity index (χ1v) is 7.95. The second-order valence-corrected chi connectivity index (χ2v) is 6.07. The van der Waals surface area contributed by atoms with Gasteiger partial charge in [0, 0.05) is 37.4 Å². The molecule has 1 aromatic carbocycles. The molecule has 0 atom stereocenters. The van der Waals surface area contributed by atoms with Crippen LogP contribution >= 0.6 is 23.2 Å². The highest BCUT2D eigenvalue weighted by Crippen LogP contribution is 2.21. The van der Waals surface area contributed by atoms with Crippen molar-refractivity contribution in [1.82, 2.24) is 9.88 Å². The van der Waals surface area contributed by atoms with Crippen LogP contribution in [-0.2, 0) is 0 Å². The van der Waals surface area contributed by atoms with Crippen LogP contribution in [0.5, 0.6) is 5.75 Å². The molecule has 1 fully saturated rings. The minimum atomic E-state index is -0.0958. The summed E-state index contributed by atoms with van der Waals surface area (Å²) in [6.07, 6.45) is 0. The monoisotopic (exact) mass is 351 g/mol. The van der Waals surface area contributed by atoms with Crippen LogP contribution in [0.25, 0.3) is 0 Å². The molecule has 0 aliphatic carbocycles. The highest BCUT2D eigenvalue weighted by Gasteiger charge is 2.23. The van der Waals surface area contributed by atoms with E-state index in [4.69, 9.17) is 23.2 Å². The van der Waals surface area contributed by atoms with E-state index in [1.54, 1.807) is 17.0 Å². The number of rotatable bonds is 2. The zero-order chi connectivity index (χ0) is 16.4. The Morgan fingerprint density at radius 2 is 1.57 bits per heavy atom. The molecule has 1 N–H and O–H groups in total. The fraction of sp³-hybridized carbons (Fsp3) is 0.250. The molecule has 7 heteroatoms. The molecule has 2 aromatic rings. The van der Waals surface area contributed by atoms with Gasteiger partial charge in [0.05, 0.1) is 0 Å². The third-order valence-electron chi connectivity index (χ3n) is 3.79. The molecule has 0 spiro atoms. The number of benzene rings is 1. The van der Waals surface area contributed by atoms with Crippen molar-refractivity contribution in [2.75, 3.05) is 31.1 Å². The molecule has 1 amide bonds. The predicted molar refractivity (Wildman–Crippen MR) is 90.5 cm³/mol. The number of hydrogen-bond donors (Lipinski definition) is 1. The molecular formula is C16H15Cl2N3O2. The van der Waals surface area contributed by atoms with Crippen molar-refractivity contribution in [3.05, 3.63) is 52.3 Å². The quantitative estimate of drug-likeness (QED) is 0.844. The lowest BCUT2D eigenvalue weighted by Gasteiger charge is -2.36. The van der Waals surface area contributed by atoms with Gasteiger partial charge < -0.3 is 14.9 Å². The number of carbonyl (C=O) groups is 1. The minimum absolute atomic E-state index is 0.0958. The second kappa shape index (κ2) is 6.64. The van der Waals surface area contributed by atoms with Gasteiger partial charge in [-0.3, -0.25) is 4.79 Å². The van der Waals surface area contributed by atoms with Crippen LogP contribution in [0.1, 0.15) is 10.4 Å². The maximum absolute atomic E-state index is 12.5. The molecule has 1 aliphatic heterocycles. The van der Waals surface area contributed by atoms with Crippen LogP contribution in [-0.4, -0.2) is 47.1 Å². The summed E-state index contributed by atoms with van der Waals surface area (Å²) in [5, 5.41) is 9.77. The third-order valence-corrected chi connectivity index (χ3v) is 4.18. The maximum Gasteiger partial charge on any atom is 0.254 e. The Bertz CT molecular complexity index is 694. The summed E-state index contributed by atoms with van der Waals surface area (Å²) >= 11 is 11.7. The zero-order valence-electron chi connectivity index (χ0n) is 12.2. The zero-order valence-corrected chi connectivity index (χ0v) is 13.8. The van der Waals surface area contributed by atoms with Gasteiger partial charge in [0.2, 0.25) is 0 Å². The predicted octanol–water partition coefficient (Wildman–Crippen LogP) is 3.06. The van der Waals surface area contributed by atoms with Crippen molar-refractivity contribution < 1.29 is 9.90 Å². The molecule has 23 heavy (non-hydrogen) atoms. The topological polar surface area (TPSA) is 56.7 Å². The van der Waals surface area contributed by atoms with Gasteiger partial charge in [0.1, 0.15) is 16.1 Å². The molecule has 0 bridgehead atoms. The van der Waals surface area contributed by atoms with Gasteiger partial charge in [-0.1, -0.05) is 23.2 Å². The SMILES string of the molecule is O=C(c1cc(Cl)nc(Cl)c1)N1CCN(c2ccc(O)cc2)CC1. The number of aromatic nitrogens is 1. The molecular weight excluding hydrogens is 337 g/mol. The first kappa shape index (κ1) is 15.9. The number of pyridine rings is 1. The Kier molecular flexibility index (Phi) is 4.59. The van der Waals surface area contributed by atoms with Crippen LogP contribution in [0.4, 0.5) is 5.69 Å². The van der Waals surface area contributed by atoms with Gasteiger partial charge >= 0.3 is 0 Å². The van der Waals surface area contributed by atoms with Crippen LogP contribution in [0.15, 0.2) is 36.4 Å². The first-order chi connectivity index (χ1) is 11.0. The summed E-state index contributed by atoms with van der Waals surface area (Å²) < 4.78 is 0. The average Bonchev–Trinajstić information content (AvgIpc) is 2.54. The number of hydrogen-bond acceptors (Lipinski definition) is 4. The highest BCUT2D eigenvalue weighted by molar-refractivity contribution is 6.33. The number of anilines is 1. The first-order valence-electron chi connectivity index (χ1n) is 7.19. The molecule has 120 valence electrons. The van der Waals surface area contributed by atoms with E-state index < -0.39 is 0 Å². The molecule has 1 aliphatic rings. The molecule has 0 unspecified atom stereocenters. The van der Waals surface area contributed by atoms with Crippen molar-refractivity contribution in [1.29, 1.82) is 0 Å². The van der Waals surface area contributed by atoms with Gasteiger partial charge in [0.15, 0.2) is 0 Å². The van der Waals surface area contributed by atoms with E-state index in [9.17, 15) is 9.90 Å². The van der Waals surface area contributed by atoms with Crippen molar-refractivity contribution >= 4 is 34.8 Å². The van der Waals surface area contributed by atoms with Crippen LogP contribution in [0.3, 0.4) is 0 Å². The van der Waals surface area contributed by atoms with E-state index in [-0.39, 0.29) is 22.0 Å². The summed E-state index contributed by atoms with van der Waals surface area (Å²) in [5.41, 5.74) is 1.48. The van der Waals surface area contributed by atoms with Gasteiger partial charge in [-0.15, -0.1) is 0 Å². The van der Waals surface area contributed by atoms with Crippen LogP contribution in [0, 0.1) is 0 Å². The summed E-state index contributed by atoms with van der Waals surface area (Å²) in [5.74, 6) is 0.149. The van der Waals surface area contributed by atoms with Gasteiger partial charge in [-0.05, 0) is 36.4 Å². The molecule has 3 rings (SSSR count). The Morgan fingerprint density at radius 1 is 1.00 bits per heavy atom. The number of carbonyl (C=O) groups excluding carboxylic acids is 1. The van der Waals surface area contributed by atoms with Gasteiger partial charge in [-0.25, -0.2) is 4.98 Å². The lowest BCUT2D eigenvalue weighted by molar-refractivity contribution is 0.0746. The Labute approximate surface area is 144 Å². The minimum Gasteiger partial charge on any atom is -0.508 e. The molecule has 2 heterocycles. The number of amides is 1. The summed E-state index contributed by atoms with van der Waals surface area (Å²) in [6, 6.07) is 10.1. The van der Waals surface area contributed by atoms with Gasteiger partial charge in [0.25, 0.3) is 5.91 Å².